The van der Waals surface area contributed by atoms with Gasteiger partial charge in [0.1, 0.15) is 0 Å². The number of amides is 1. The van der Waals surface area contributed by atoms with Gasteiger partial charge in [0.25, 0.3) is 5.91 Å². The lowest BCUT2D eigenvalue weighted by Gasteiger charge is -2.26. The Morgan fingerprint density at radius 1 is 1.03 bits per heavy atom. The maximum Gasteiger partial charge on any atom is 0.255 e. The maximum atomic E-state index is 13.3. The second-order valence-electron chi connectivity index (χ2n) is 6.93. The summed E-state index contributed by atoms with van der Waals surface area (Å²) in [6, 6.07) is 4.88. The molecular weight excluding hydrogens is 429 g/mol. The average molecular weight is 447 g/mol. The van der Waals surface area contributed by atoms with Gasteiger partial charge in [-0.25, -0.2) is 21.6 Å². The van der Waals surface area contributed by atoms with E-state index in [1.165, 1.54) is 12.1 Å². The minimum absolute atomic E-state index is 0.0321. The molecule has 10 heteroatoms. The van der Waals surface area contributed by atoms with Crippen molar-refractivity contribution >= 4 is 33.0 Å². The third-order valence-corrected chi connectivity index (χ3v) is 7.64. The van der Waals surface area contributed by atoms with Crippen molar-refractivity contribution in [2.45, 2.75) is 41.9 Å². The molecule has 1 aliphatic rings. The summed E-state index contributed by atoms with van der Waals surface area (Å²) in [6.45, 7) is 0. The van der Waals surface area contributed by atoms with Gasteiger partial charge in [-0.1, -0.05) is 11.6 Å². The van der Waals surface area contributed by atoms with E-state index in [0.29, 0.717) is 37.8 Å². The number of nitrogens with one attached hydrogen (secondary N) is 1. The van der Waals surface area contributed by atoms with E-state index < -0.39 is 38.4 Å². The molecule has 0 radical (unpaired) electrons. The van der Waals surface area contributed by atoms with E-state index in [0.717, 1.165) is 6.07 Å². The largest absolute Gasteiger partial charge is 0.328 e. The molecule has 0 unspecified atom stereocenters. The molecule has 0 saturated heterocycles. The second-order valence-corrected chi connectivity index (χ2v) is 9.54. The fourth-order valence-electron chi connectivity index (χ4n) is 3.27. The molecule has 3 N–H and O–H groups in total. The van der Waals surface area contributed by atoms with Crippen molar-refractivity contribution in [2.75, 3.05) is 5.32 Å². The fourth-order valence-corrected chi connectivity index (χ4v) is 5.60. The number of rotatable bonds is 4. The van der Waals surface area contributed by atoms with Crippen LogP contribution < -0.4 is 11.1 Å². The zero-order chi connectivity index (χ0) is 21.3. The van der Waals surface area contributed by atoms with Gasteiger partial charge in [-0.05, 0) is 43.9 Å². The monoisotopic (exact) mass is 446 g/mol. The van der Waals surface area contributed by atoms with E-state index >= 15 is 0 Å². The second kappa shape index (κ2) is 8.33. The summed E-state index contributed by atoms with van der Waals surface area (Å²) in [5.41, 5.74) is 5.43. The summed E-state index contributed by atoms with van der Waals surface area (Å²) in [5, 5.41) is 1.52. The van der Waals surface area contributed by atoms with Gasteiger partial charge < -0.3 is 11.1 Å². The summed E-state index contributed by atoms with van der Waals surface area (Å²) in [7, 11) is -3.80. The molecule has 1 aliphatic carbocycles. The molecule has 1 saturated carbocycles. The number of benzene rings is 2. The molecule has 1 fully saturated rings. The molecule has 0 atom stereocenters. The molecule has 0 spiro atoms. The number of carbonyl (C=O) groups excluding carboxylic acids is 1. The standard InChI is InChI=1S/C19H18ClF3N2O3S/c20-14-6-1-10(19(26)25-12-8-15(21)18(23)16(22)9-12)7-17(14)29(27,28)13-4-2-11(24)3-5-13/h1,6-9,11,13H,2-5,24H2,(H,25,26)/t11-,13-. The molecule has 2 aromatic rings. The zero-order valence-corrected chi connectivity index (χ0v) is 16.7. The van der Waals surface area contributed by atoms with E-state index in [1.807, 2.05) is 0 Å². The zero-order valence-electron chi connectivity index (χ0n) is 15.1. The van der Waals surface area contributed by atoms with E-state index in [2.05, 4.69) is 5.32 Å². The Hall–Kier alpha value is -2.10. The van der Waals surface area contributed by atoms with Gasteiger partial charge in [0, 0.05) is 29.4 Å². The van der Waals surface area contributed by atoms with E-state index in [9.17, 15) is 26.4 Å². The first-order valence-electron chi connectivity index (χ1n) is 8.84. The molecular formula is C19H18ClF3N2O3S. The highest BCUT2D eigenvalue weighted by molar-refractivity contribution is 7.92. The van der Waals surface area contributed by atoms with Crippen LogP contribution in [0.3, 0.4) is 0 Å². The Morgan fingerprint density at radius 3 is 2.21 bits per heavy atom. The SMILES string of the molecule is N[C@H]1CC[C@H](S(=O)(=O)c2cc(C(=O)Nc3cc(F)c(F)c(F)c3)ccc2Cl)CC1. The lowest BCUT2D eigenvalue weighted by atomic mass is 9.96. The summed E-state index contributed by atoms with van der Waals surface area (Å²) in [4.78, 5) is 12.2. The highest BCUT2D eigenvalue weighted by atomic mass is 35.5. The van der Waals surface area contributed by atoms with Crippen LogP contribution in [-0.4, -0.2) is 25.6 Å². The van der Waals surface area contributed by atoms with Crippen molar-refractivity contribution in [3.05, 3.63) is 58.4 Å². The first-order valence-corrected chi connectivity index (χ1v) is 10.8. The predicted molar refractivity (Wildman–Crippen MR) is 103 cm³/mol. The van der Waals surface area contributed by atoms with Gasteiger partial charge in [0.05, 0.1) is 15.2 Å². The number of anilines is 1. The molecule has 0 aliphatic heterocycles. The van der Waals surface area contributed by atoms with Gasteiger partial charge >= 0.3 is 0 Å². The highest BCUT2D eigenvalue weighted by Crippen LogP contribution is 2.32. The third kappa shape index (κ3) is 4.57. The Kier molecular flexibility index (Phi) is 6.21. The number of carbonyl (C=O) groups is 1. The molecule has 5 nitrogen and oxygen atoms in total. The van der Waals surface area contributed by atoms with Crippen molar-refractivity contribution < 1.29 is 26.4 Å². The topological polar surface area (TPSA) is 89.3 Å². The van der Waals surface area contributed by atoms with Gasteiger partial charge in [0.15, 0.2) is 27.3 Å². The Bertz CT molecular complexity index is 1030. The summed E-state index contributed by atoms with van der Waals surface area (Å²) < 4.78 is 65.7. The Labute approximate surface area is 171 Å². The van der Waals surface area contributed by atoms with E-state index in [1.54, 1.807) is 0 Å². The highest BCUT2D eigenvalue weighted by Gasteiger charge is 2.33. The molecule has 2 aromatic carbocycles. The van der Waals surface area contributed by atoms with Crippen LogP contribution in [0.5, 0.6) is 0 Å². The molecule has 0 aromatic heterocycles. The van der Waals surface area contributed by atoms with Crippen molar-refractivity contribution in [1.82, 2.24) is 0 Å². The molecule has 1 amide bonds. The van der Waals surface area contributed by atoms with Crippen LogP contribution in [0.4, 0.5) is 18.9 Å². The van der Waals surface area contributed by atoms with Crippen molar-refractivity contribution in [3.8, 4) is 0 Å². The first kappa shape index (κ1) is 21.6. The van der Waals surface area contributed by atoms with Crippen LogP contribution in [0.15, 0.2) is 35.2 Å². The first-order chi connectivity index (χ1) is 13.6. The summed E-state index contributed by atoms with van der Waals surface area (Å²) in [5.74, 6) is -5.41. The Morgan fingerprint density at radius 2 is 1.62 bits per heavy atom. The van der Waals surface area contributed by atoms with Crippen molar-refractivity contribution in [3.63, 3.8) is 0 Å². The number of sulfone groups is 1. The molecule has 29 heavy (non-hydrogen) atoms. The van der Waals surface area contributed by atoms with Crippen LogP contribution in [0, 0.1) is 17.5 Å². The van der Waals surface area contributed by atoms with E-state index in [-0.39, 0.29) is 27.2 Å². The minimum atomic E-state index is -3.80. The Balaban J connectivity index is 1.87. The van der Waals surface area contributed by atoms with E-state index in [4.69, 9.17) is 17.3 Å². The molecule has 0 heterocycles. The van der Waals surface area contributed by atoms with Crippen LogP contribution in [0.25, 0.3) is 0 Å². The van der Waals surface area contributed by atoms with Gasteiger partial charge in [-0.15, -0.1) is 0 Å². The quantitative estimate of drug-likeness (QED) is 0.693. The average Bonchev–Trinajstić information content (AvgIpc) is 2.66. The third-order valence-electron chi connectivity index (χ3n) is 4.90. The smallest absolute Gasteiger partial charge is 0.255 e. The normalized spacial score (nSPS) is 19.8. The van der Waals surface area contributed by atoms with Crippen LogP contribution in [0.2, 0.25) is 5.02 Å². The number of hydrogen-bond acceptors (Lipinski definition) is 4. The molecule has 156 valence electrons. The van der Waals surface area contributed by atoms with Crippen LogP contribution in [0.1, 0.15) is 36.0 Å². The number of nitrogens with two attached hydrogens (primary N) is 1. The van der Waals surface area contributed by atoms with Gasteiger partial charge in [-0.3, -0.25) is 4.79 Å². The van der Waals surface area contributed by atoms with Gasteiger partial charge in [-0.2, -0.15) is 0 Å². The van der Waals surface area contributed by atoms with Crippen molar-refractivity contribution in [2.24, 2.45) is 5.73 Å². The van der Waals surface area contributed by atoms with Crippen molar-refractivity contribution in [1.29, 1.82) is 0 Å². The summed E-state index contributed by atoms with van der Waals surface area (Å²) in [6.07, 6.45) is 1.93. The fraction of sp³-hybridized carbons (Fsp3) is 0.316. The number of halogens is 4. The molecule has 0 bridgehead atoms. The lowest BCUT2D eigenvalue weighted by Crippen LogP contribution is -2.33. The number of hydrogen-bond donors (Lipinski definition) is 2. The maximum absolute atomic E-state index is 13.3. The predicted octanol–water partition coefficient (Wildman–Crippen LogP) is 4.05. The van der Waals surface area contributed by atoms with Crippen LogP contribution >= 0.6 is 11.6 Å². The minimum Gasteiger partial charge on any atom is -0.328 e. The lowest BCUT2D eigenvalue weighted by molar-refractivity contribution is 0.102. The summed E-state index contributed by atoms with van der Waals surface area (Å²) >= 11 is 6.08. The van der Waals surface area contributed by atoms with Crippen LogP contribution in [-0.2, 0) is 9.84 Å². The molecule has 3 rings (SSSR count). The van der Waals surface area contributed by atoms with Gasteiger partial charge in [0.2, 0.25) is 0 Å².